The van der Waals surface area contributed by atoms with Gasteiger partial charge in [0.15, 0.2) is 5.82 Å². The van der Waals surface area contributed by atoms with Gasteiger partial charge < -0.3 is 10.1 Å². The molecule has 7 heteroatoms. The summed E-state index contributed by atoms with van der Waals surface area (Å²) in [6, 6.07) is 6.18. The van der Waals surface area contributed by atoms with Crippen molar-refractivity contribution in [2.24, 2.45) is 0 Å². The van der Waals surface area contributed by atoms with Gasteiger partial charge in [-0.25, -0.2) is 4.98 Å². The normalized spacial score (nSPS) is 14.8. The van der Waals surface area contributed by atoms with Crippen LogP contribution in [0, 0.1) is 0 Å². The average molecular weight is 339 g/mol. The number of aromatic nitrogens is 2. The minimum Gasteiger partial charge on any atom is -0.377 e. The van der Waals surface area contributed by atoms with Gasteiger partial charge in [-0.05, 0) is 23.6 Å². The second-order valence-electron chi connectivity index (χ2n) is 5.28. The molecule has 5 nitrogen and oxygen atoms in total. The van der Waals surface area contributed by atoms with Gasteiger partial charge in [0, 0.05) is 49.8 Å². The van der Waals surface area contributed by atoms with Crippen LogP contribution in [-0.2, 0) is 24.3 Å². The molecule has 0 spiro atoms. The van der Waals surface area contributed by atoms with E-state index < -0.39 is 0 Å². The van der Waals surface area contributed by atoms with Gasteiger partial charge in [0.05, 0.1) is 0 Å². The predicted molar refractivity (Wildman–Crippen MR) is 89.5 cm³/mol. The maximum absolute atomic E-state index is 6.25. The molecule has 118 valence electrons. The summed E-state index contributed by atoms with van der Waals surface area (Å²) in [5.41, 5.74) is 2.65. The number of nitrogens with zero attached hydrogens (tertiary/aromatic N) is 3. The van der Waals surface area contributed by atoms with Gasteiger partial charge in [-0.1, -0.05) is 23.7 Å². The van der Waals surface area contributed by atoms with Crippen LogP contribution in [-0.4, -0.2) is 41.0 Å². The number of hydrogen-bond acceptors (Lipinski definition) is 6. The van der Waals surface area contributed by atoms with E-state index in [1.165, 1.54) is 22.7 Å². The van der Waals surface area contributed by atoms with Gasteiger partial charge in [-0.2, -0.15) is 4.37 Å². The lowest BCUT2D eigenvalue weighted by Crippen LogP contribution is -2.34. The molecule has 0 unspecified atom stereocenters. The van der Waals surface area contributed by atoms with Crippen LogP contribution >= 0.6 is 23.1 Å². The maximum Gasteiger partial charge on any atom is 0.202 e. The molecule has 1 aromatic heterocycles. The minimum atomic E-state index is 0.460. The maximum atomic E-state index is 6.25. The molecular formula is C15H19ClN4OS. The Kier molecular flexibility index (Phi) is 5.25. The second kappa shape index (κ2) is 7.37. The molecule has 0 saturated heterocycles. The number of nitrogens with one attached hydrogen (secondary N) is 1. The molecule has 1 aliphatic rings. The molecular weight excluding hydrogens is 320 g/mol. The Labute approximate surface area is 139 Å². The quantitative estimate of drug-likeness (QED) is 0.877. The highest BCUT2D eigenvalue weighted by molar-refractivity contribution is 7.09. The molecule has 0 radical (unpaired) electrons. The van der Waals surface area contributed by atoms with E-state index in [4.69, 9.17) is 16.3 Å². The van der Waals surface area contributed by atoms with E-state index >= 15 is 0 Å². The van der Waals surface area contributed by atoms with E-state index in [-0.39, 0.29) is 0 Å². The van der Waals surface area contributed by atoms with Crippen LogP contribution in [0.3, 0.4) is 0 Å². The summed E-state index contributed by atoms with van der Waals surface area (Å²) in [4.78, 5) is 6.80. The van der Waals surface area contributed by atoms with Crippen LogP contribution in [0.15, 0.2) is 18.2 Å². The van der Waals surface area contributed by atoms with Crippen molar-refractivity contribution in [2.75, 3.05) is 32.1 Å². The standard InChI is InChI=1S/C15H19ClN4OS/c1-21-10-14-18-15(22-19-14)17-6-8-20-7-5-12-11(9-20)3-2-4-13(12)16/h2-4H,5-10H2,1H3,(H,17,18,19). The van der Waals surface area contributed by atoms with Gasteiger partial charge in [-0.3, -0.25) is 4.90 Å². The fourth-order valence-corrected chi connectivity index (χ4v) is 3.53. The van der Waals surface area contributed by atoms with E-state index in [9.17, 15) is 0 Å². The Bertz CT molecular complexity index is 634. The number of fused-ring (bicyclic) bond motifs is 1. The van der Waals surface area contributed by atoms with E-state index in [1.54, 1.807) is 7.11 Å². The van der Waals surface area contributed by atoms with E-state index in [0.717, 1.165) is 48.6 Å². The summed E-state index contributed by atoms with van der Waals surface area (Å²) < 4.78 is 9.24. The van der Waals surface area contributed by atoms with Crippen LogP contribution in [0.5, 0.6) is 0 Å². The molecule has 0 saturated carbocycles. The van der Waals surface area contributed by atoms with Crippen LogP contribution in [0.25, 0.3) is 0 Å². The Balaban J connectivity index is 1.48. The third-order valence-electron chi connectivity index (χ3n) is 3.73. The first-order valence-electron chi connectivity index (χ1n) is 7.30. The summed E-state index contributed by atoms with van der Waals surface area (Å²) >= 11 is 7.63. The minimum absolute atomic E-state index is 0.460. The average Bonchev–Trinajstić information content (AvgIpc) is 2.95. The zero-order valence-electron chi connectivity index (χ0n) is 12.5. The zero-order chi connectivity index (χ0) is 15.4. The number of halogens is 1. The molecule has 22 heavy (non-hydrogen) atoms. The number of rotatable bonds is 6. The van der Waals surface area contributed by atoms with Crippen molar-refractivity contribution < 1.29 is 4.74 Å². The second-order valence-corrected chi connectivity index (χ2v) is 6.44. The van der Waals surface area contributed by atoms with Crippen molar-refractivity contribution in [3.63, 3.8) is 0 Å². The highest BCUT2D eigenvalue weighted by atomic mass is 35.5. The van der Waals surface area contributed by atoms with E-state index in [0.29, 0.717) is 6.61 Å². The lowest BCUT2D eigenvalue weighted by Gasteiger charge is -2.29. The molecule has 2 aromatic rings. The van der Waals surface area contributed by atoms with Crippen molar-refractivity contribution in [2.45, 2.75) is 19.6 Å². The SMILES string of the molecule is COCc1nsc(NCCN2CCc3c(Cl)cccc3C2)n1. The smallest absolute Gasteiger partial charge is 0.202 e. The summed E-state index contributed by atoms with van der Waals surface area (Å²) in [5, 5.41) is 5.08. The molecule has 0 fully saturated rings. The number of benzene rings is 1. The molecule has 0 atom stereocenters. The Hall–Kier alpha value is -1.21. The molecule has 3 rings (SSSR count). The van der Waals surface area contributed by atoms with Gasteiger partial charge in [0.1, 0.15) is 6.61 Å². The van der Waals surface area contributed by atoms with Crippen LogP contribution in [0.1, 0.15) is 17.0 Å². The molecule has 0 aliphatic carbocycles. The highest BCUT2D eigenvalue weighted by Gasteiger charge is 2.17. The van der Waals surface area contributed by atoms with Crippen LogP contribution in [0.2, 0.25) is 5.02 Å². The van der Waals surface area contributed by atoms with Gasteiger partial charge in [0.2, 0.25) is 5.13 Å². The van der Waals surface area contributed by atoms with Crippen molar-refractivity contribution in [3.05, 3.63) is 40.2 Å². The molecule has 0 bridgehead atoms. The number of hydrogen-bond donors (Lipinski definition) is 1. The zero-order valence-corrected chi connectivity index (χ0v) is 14.1. The fourth-order valence-electron chi connectivity index (χ4n) is 2.65. The third-order valence-corrected chi connectivity index (χ3v) is 4.80. The number of anilines is 1. The summed E-state index contributed by atoms with van der Waals surface area (Å²) in [7, 11) is 1.65. The third kappa shape index (κ3) is 3.76. The first-order chi connectivity index (χ1) is 10.8. The first kappa shape index (κ1) is 15.7. The fraction of sp³-hybridized carbons (Fsp3) is 0.467. The largest absolute Gasteiger partial charge is 0.377 e. The molecule has 2 heterocycles. The lowest BCUT2D eigenvalue weighted by molar-refractivity contribution is 0.179. The van der Waals surface area contributed by atoms with Crippen LogP contribution in [0.4, 0.5) is 5.13 Å². The molecule has 0 amide bonds. The summed E-state index contributed by atoms with van der Waals surface area (Å²) in [6.07, 6.45) is 1.02. The summed E-state index contributed by atoms with van der Waals surface area (Å²) in [5.74, 6) is 0.733. The lowest BCUT2D eigenvalue weighted by atomic mass is 10.00. The van der Waals surface area contributed by atoms with Crippen molar-refractivity contribution in [1.29, 1.82) is 0 Å². The van der Waals surface area contributed by atoms with Crippen molar-refractivity contribution in [3.8, 4) is 0 Å². The number of methoxy groups -OCH3 is 1. The molecule has 1 aliphatic heterocycles. The number of ether oxygens (including phenoxy) is 1. The predicted octanol–water partition coefficient (Wildman–Crippen LogP) is 2.81. The molecule has 1 N–H and O–H groups in total. The first-order valence-corrected chi connectivity index (χ1v) is 8.45. The van der Waals surface area contributed by atoms with Crippen molar-refractivity contribution >= 4 is 28.3 Å². The van der Waals surface area contributed by atoms with E-state index in [1.807, 2.05) is 12.1 Å². The van der Waals surface area contributed by atoms with Gasteiger partial charge in [0.25, 0.3) is 0 Å². The highest BCUT2D eigenvalue weighted by Crippen LogP contribution is 2.25. The monoisotopic (exact) mass is 338 g/mol. The Morgan fingerprint density at radius 3 is 3.23 bits per heavy atom. The van der Waals surface area contributed by atoms with Gasteiger partial charge >= 0.3 is 0 Å². The van der Waals surface area contributed by atoms with E-state index in [2.05, 4.69) is 25.6 Å². The topological polar surface area (TPSA) is 50.3 Å². The Morgan fingerprint density at radius 1 is 1.45 bits per heavy atom. The van der Waals surface area contributed by atoms with Crippen LogP contribution < -0.4 is 5.32 Å². The van der Waals surface area contributed by atoms with Crippen molar-refractivity contribution in [1.82, 2.24) is 14.3 Å². The molecule has 1 aromatic carbocycles. The summed E-state index contributed by atoms with van der Waals surface area (Å²) in [6.45, 7) is 4.30. The van der Waals surface area contributed by atoms with Gasteiger partial charge in [-0.15, -0.1) is 0 Å². The Morgan fingerprint density at radius 2 is 2.36 bits per heavy atom.